The minimum absolute atomic E-state index is 0.969. The number of fused-ring (bicyclic) bond motifs is 2. The number of rotatable bonds is 3. The van der Waals surface area contributed by atoms with Crippen LogP contribution in [-0.2, 0) is 0 Å². The lowest BCUT2D eigenvalue weighted by Gasteiger charge is -2.20. The van der Waals surface area contributed by atoms with E-state index in [4.69, 9.17) is 9.97 Å². The van der Waals surface area contributed by atoms with E-state index in [-0.39, 0.29) is 0 Å². The third-order valence-electron chi connectivity index (χ3n) is 6.55. The summed E-state index contributed by atoms with van der Waals surface area (Å²) in [4.78, 5) is 10.4. The van der Waals surface area contributed by atoms with Gasteiger partial charge in [0.05, 0.1) is 11.4 Å². The van der Waals surface area contributed by atoms with Crippen molar-refractivity contribution < 1.29 is 0 Å². The van der Waals surface area contributed by atoms with E-state index < -0.39 is 0 Å². The largest absolute Gasteiger partial charge is 0.252 e. The minimum Gasteiger partial charge on any atom is -0.252 e. The second-order valence-corrected chi connectivity index (χ2v) is 8.66. The first-order valence-electron chi connectivity index (χ1n) is 11.6. The Morgan fingerprint density at radius 1 is 0.382 bits per heavy atom. The molecule has 0 saturated heterocycles. The van der Waals surface area contributed by atoms with Crippen molar-refractivity contribution in [2.24, 2.45) is 0 Å². The summed E-state index contributed by atoms with van der Waals surface area (Å²) in [5.74, 6) is 0. The van der Waals surface area contributed by atoms with E-state index in [9.17, 15) is 0 Å². The van der Waals surface area contributed by atoms with Crippen molar-refractivity contribution in [3.05, 3.63) is 121 Å². The SMILES string of the molecule is Cc1nc(-c2c(-c3ccccc3)nc(C)c3ccccc23)c(-c2ccccc2)c2ccccc12. The summed E-state index contributed by atoms with van der Waals surface area (Å²) in [6.07, 6.45) is 0. The van der Waals surface area contributed by atoms with Gasteiger partial charge in [-0.05, 0) is 30.2 Å². The summed E-state index contributed by atoms with van der Waals surface area (Å²) in [7, 11) is 0. The van der Waals surface area contributed by atoms with Crippen molar-refractivity contribution in [1.82, 2.24) is 9.97 Å². The van der Waals surface area contributed by atoms with Gasteiger partial charge in [-0.2, -0.15) is 0 Å². The number of nitrogens with zero attached hydrogens (tertiary/aromatic N) is 2. The molecule has 6 aromatic rings. The van der Waals surface area contributed by atoms with Crippen molar-refractivity contribution >= 4 is 21.5 Å². The third kappa shape index (κ3) is 3.27. The van der Waals surface area contributed by atoms with Crippen LogP contribution in [0.2, 0.25) is 0 Å². The van der Waals surface area contributed by atoms with Gasteiger partial charge in [0.15, 0.2) is 0 Å². The summed E-state index contributed by atoms with van der Waals surface area (Å²) < 4.78 is 0. The Hall–Kier alpha value is -4.30. The highest BCUT2D eigenvalue weighted by molar-refractivity contribution is 6.11. The molecule has 0 aliphatic rings. The predicted molar refractivity (Wildman–Crippen MR) is 143 cm³/mol. The molecule has 0 saturated carbocycles. The predicted octanol–water partition coefficient (Wildman–Crippen LogP) is 8.40. The lowest BCUT2D eigenvalue weighted by molar-refractivity contribution is 1.21. The van der Waals surface area contributed by atoms with E-state index >= 15 is 0 Å². The van der Waals surface area contributed by atoms with Crippen LogP contribution >= 0.6 is 0 Å². The summed E-state index contributed by atoms with van der Waals surface area (Å²) >= 11 is 0. The molecule has 0 radical (unpaired) electrons. The monoisotopic (exact) mass is 436 g/mol. The van der Waals surface area contributed by atoms with Crippen molar-refractivity contribution in [2.45, 2.75) is 13.8 Å². The molecule has 0 aliphatic carbocycles. The van der Waals surface area contributed by atoms with Gasteiger partial charge in [0.2, 0.25) is 0 Å². The zero-order chi connectivity index (χ0) is 23.1. The van der Waals surface area contributed by atoms with Gasteiger partial charge in [-0.1, -0.05) is 109 Å². The quantitative estimate of drug-likeness (QED) is 0.278. The molecule has 0 amide bonds. The van der Waals surface area contributed by atoms with Gasteiger partial charge in [-0.25, -0.2) is 0 Å². The molecule has 0 atom stereocenters. The number of pyridine rings is 2. The van der Waals surface area contributed by atoms with Crippen LogP contribution in [0.4, 0.5) is 0 Å². The molecule has 0 aliphatic heterocycles. The van der Waals surface area contributed by atoms with Gasteiger partial charge in [-0.3, -0.25) is 9.97 Å². The third-order valence-corrected chi connectivity index (χ3v) is 6.55. The Morgan fingerprint density at radius 2 is 0.794 bits per heavy atom. The molecule has 0 fully saturated rings. The standard InChI is InChI=1S/C32H24N2/c1-21-26-18-10-12-20-28(26)30(31(33-21)24-15-7-4-8-16-24)32-29(23-13-5-3-6-14-23)27-19-11-9-17-25(27)22(2)34-32/h3-20H,1-2H3. The summed E-state index contributed by atoms with van der Waals surface area (Å²) in [5.41, 5.74) is 8.48. The first kappa shape index (κ1) is 20.3. The molecule has 4 aromatic carbocycles. The number of hydrogen-bond donors (Lipinski definition) is 0. The highest BCUT2D eigenvalue weighted by Crippen LogP contribution is 2.44. The van der Waals surface area contributed by atoms with Gasteiger partial charge in [0, 0.05) is 38.9 Å². The van der Waals surface area contributed by atoms with Crippen LogP contribution in [-0.4, -0.2) is 9.97 Å². The second kappa shape index (κ2) is 8.24. The maximum absolute atomic E-state index is 5.27. The highest BCUT2D eigenvalue weighted by atomic mass is 14.8. The van der Waals surface area contributed by atoms with Crippen LogP contribution < -0.4 is 0 Å². The molecule has 2 aromatic heterocycles. The zero-order valence-electron chi connectivity index (χ0n) is 19.3. The molecular formula is C32H24N2. The Kier molecular flexibility index (Phi) is 4.92. The fourth-order valence-corrected chi connectivity index (χ4v) is 4.98. The molecule has 0 unspecified atom stereocenters. The average molecular weight is 437 g/mol. The fraction of sp³-hybridized carbons (Fsp3) is 0.0625. The number of aryl methyl sites for hydroxylation is 2. The maximum Gasteiger partial charge on any atom is 0.0818 e. The van der Waals surface area contributed by atoms with Gasteiger partial charge < -0.3 is 0 Å². The first-order chi connectivity index (χ1) is 16.7. The van der Waals surface area contributed by atoms with Crippen molar-refractivity contribution in [1.29, 1.82) is 0 Å². The average Bonchev–Trinajstić information content (AvgIpc) is 2.90. The van der Waals surface area contributed by atoms with Gasteiger partial charge in [0.25, 0.3) is 0 Å². The molecule has 2 heterocycles. The smallest absolute Gasteiger partial charge is 0.0818 e. The van der Waals surface area contributed by atoms with Crippen LogP contribution in [0, 0.1) is 13.8 Å². The van der Waals surface area contributed by atoms with Crippen LogP contribution in [0.5, 0.6) is 0 Å². The normalized spacial score (nSPS) is 11.2. The number of hydrogen-bond acceptors (Lipinski definition) is 2. The molecule has 162 valence electrons. The Morgan fingerprint density at radius 3 is 1.35 bits per heavy atom. The lowest BCUT2D eigenvalue weighted by Crippen LogP contribution is -2.01. The molecular weight excluding hydrogens is 412 g/mol. The molecule has 0 bridgehead atoms. The highest BCUT2D eigenvalue weighted by Gasteiger charge is 2.22. The van der Waals surface area contributed by atoms with Crippen LogP contribution in [0.15, 0.2) is 109 Å². The van der Waals surface area contributed by atoms with Crippen LogP contribution in [0.25, 0.3) is 55.2 Å². The Bertz CT molecular complexity index is 1650. The summed E-state index contributed by atoms with van der Waals surface area (Å²) in [6, 6.07) is 38.2. The summed E-state index contributed by atoms with van der Waals surface area (Å²) in [5, 5.41) is 4.72. The molecule has 0 N–H and O–H groups in total. The maximum atomic E-state index is 5.27. The van der Waals surface area contributed by atoms with E-state index in [1.54, 1.807) is 0 Å². The van der Waals surface area contributed by atoms with E-state index in [0.29, 0.717) is 0 Å². The van der Waals surface area contributed by atoms with E-state index in [1.807, 2.05) is 6.07 Å². The molecule has 2 nitrogen and oxygen atoms in total. The zero-order valence-corrected chi connectivity index (χ0v) is 19.3. The first-order valence-corrected chi connectivity index (χ1v) is 11.6. The van der Waals surface area contributed by atoms with E-state index in [0.717, 1.165) is 50.4 Å². The van der Waals surface area contributed by atoms with E-state index in [2.05, 4.69) is 117 Å². The van der Waals surface area contributed by atoms with Crippen LogP contribution in [0.1, 0.15) is 11.4 Å². The number of benzene rings is 4. The lowest BCUT2D eigenvalue weighted by atomic mass is 9.88. The van der Waals surface area contributed by atoms with Crippen molar-refractivity contribution in [2.75, 3.05) is 0 Å². The van der Waals surface area contributed by atoms with Crippen LogP contribution in [0.3, 0.4) is 0 Å². The molecule has 34 heavy (non-hydrogen) atoms. The number of aromatic nitrogens is 2. The fourth-order valence-electron chi connectivity index (χ4n) is 4.98. The molecule has 6 rings (SSSR count). The van der Waals surface area contributed by atoms with Gasteiger partial charge >= 0.3 is 0 Å². The van der Waals surface area contributed by atoms with Gasteiger partial charge in [-0.15, -0.1) is 0 Å². The Balaban J connectivity index is 1.83. The minimum atomic E-state index is 0.969. The molecule has 2 heteroatoms. The summed E-state index contributed by atoms with van der Waals surface area (Å²) in [6.45, 7) is 4.20. The van der Waals surface area contributed by atoms with E-state index in [1.165, 1.54) is 16.2 Å². The molecule has 0 spiro atoms. The second-order valence-electron chi connectivity index (χ2n) is 8.66. The van der Waals surface area contributed by atoms with Gasteiger partial charge in [0.1, 0.15) is 0 Å². The van der Waals surface area contributed by atoms with Crippen molar-refractivity contribution in [3.8, 4) is 33.6 Å². The Labute approximate surface area is 199 Å². The van der Waals surface area contributed by atoms with Crippen molar-refractivity contribution in [3.63, 3.8) is 0 Å². The topological polar surface area (TPSA) is 25.8 Å².